The second-order valence-corrected chi connectivity index (χ2v) is 9.85. The van der Waals surface area contributed by atoms with Gasteiger partial charge in [0.2, 0.25) is 10.0 Å². The van der Waals surface area contributed by atoms with Gasteiger partial charge in [0.1, 0.15) is 11.4 Å². The highest BCUT2D eigenvalue weighted by Crippen LogP contribution is 2.47. The second kappa shape index (κ2) is 6.81. The molecule has 0 radical (unpaired) electrons. The van der Waals surface area contributed by atoms with E-state index in [9.17, 15) is 23.3 Å². The van der Waals surface area contributed by atoms with Crippen molar-refractivity contribution in [1.82, 2.24) is 9.62 Å². The van der Waals surface area contributed by atoms with Crippen molar-refractivity contribution < 1.29 is 22.9 Å². The van der Waals surface area contributed by atoms with E-state index in [0.29, 0.717) is 16.9 Å². The Labute approximate surface area is 179 Å². The van der Waals surface area contributed by atoms with E-state index in [1.165, 1.54) is 17.0 Å². The van der Waals surface area contributed by atoms with Gasteiger partial charge in [-0.2, -0.15) is 0 Å². The van der Waals surface area contributed by atoms with Crippen molar-refractivity contribution in [1.29, 1.82) is 0 Å². The van der Waals surface area contributed by atoms with Gasteiger partial charge in [0.05, 0.1) is 34.7 Å². The van der Waals surface area contributed by atoms with E-state index in [2.05, 4.69) is 4.72 Å². The molecule has 0 spiro atoms. The number of sulfonamides is 1. The molecule has 2 aliphatic heterocycles. The van der Waals surface area contributed by atoms with E-state index >= 15 is 0 Å². The number of nitrogens with one attached hydrogen (secondary N) is 1. The number of amides is 1. The number of ether oxygens (including phenoxy) is 1. The van der Waals surface area contributed by atoms with Crippen LogP contribution in [0.1, 0.15) is 40.9 Å². The third kappa shape index (κ3) is 3.42. The summed E-state index contributed by atoms with van der Waals surface area (Å²) >= 11 is 0. The quantitative estimate of drug-likeness (QED) is 0.573. The minimum Gasteiger partial charge on any atom is -0.481 e. The summed E-state index contributed by atoms with van der Waals surface area (Å²) in [6.45, 7) is 5.11. The normalized spacial score (nSPS) is 17.2. The SMILES string of the molecule is Cc1c([N+](=O)[O-])ccc2c1C(N1Cc3ccccc3C1=O)=C(NS(C)(=O)=O)C(C)(C)O2. The summed E-state index contributed by atoms with van der Waals surface area (Å²) in [5.74, 6) is 0.0267. The Bertz CT molecular complexity index is 1280. The molecule has 0 atom stereocenters. The van der Waals surface area contributed by atoms with Crippen LogP contribution in [-0.4, -0.2) is 36.0 Å². The van der Waals surface area contributed by atoms with E-state index in [1.807, 2.05) is 12.1 Å². The van der Waals surface area contributed by atoms with Crippen LogP contribution in [0.25, 0.3) is 5.70 Å². The van der Waals surface area contributed by atoms with Crippen LogP contribution in [0.3, 0.4) is 0 Å². The van der Waals surface area contributed by atoms with Gasteiger partial charge in [0, 0.05) is 17.2 Å². The fourth-order valence-electron chi connectivity index (χ4n) is 4.05. The molecule has 0 aliphatic carbocycles. The highest BCUT2D eigenvalue weighted by Gasteiger charge is 2.44. The summed E-state index contributed by atoms with van der Waals surface area (Å²) in [5, 5.41) is 11.6. The zero-order valence-corrected chi connectivity index (χ0v) is 18.2. The fraction of sp³-hybridized carbons (Fsp3) is 0.286. The third-order valence-electron chi connectivity index (χ3n) is 5.41. The van der Waals surface area contributed by atoms with Crippen LogP contribution >= 0.6 is 0 Å². The lowest BCUT2D eigenvalue weighted by atomic mass is 9.91. The van der Waals surface area contributed by atoms with Crippen LogP contribution in [0.2, 0.25) is 0 Å². The van der Waals surface area contributed by atoms with E-state index in [0.717, 1.165) is 11.8 Å². The Balaban J connectivity index is 2.05. The lowest BCUT2D eigenvalue weighted by Crippen LogP contribution is -2.45. The van der Waals surface area contributed by atoms with Gasteiger partial charge in [-0.05, 0) is 38.5 Å². The average Bonchev–Trinajstić information content (AvgIpc) is 2.98. The molecular weight excluding hydrogens is 422 g/mol. The maximum atomic E-state index is 13.3. The monoisotopic (exact) mass is 443 g/mol. The third-order valence-corrected chi connectivity index (χ3v) is 5.99. The molecule has 0 bridgehead atoms. The molecule has 0 unspecified atom stereocenters. The number of fused-ring (bicyclic) bond motifs is 2. The first-order chi connectivity index (χ1) is 14.4. The number of nitro groups is 1. The maximum absolute atomic E-state index is 13.3. The Morgan fingerprint density at radius 1 is 1.19 bits per heavy atom. The number of nitro benzene ring substituents is 1. The molecule has 2 aliphatic rings. The van der Waals surface area contributed by atoms with Crippen LogP contribution < -0.4 is 9.46 Å². The van der Waals surface area contributed by atoms with E-state index in [1.54, 1.807) is 32.9 Å². The van der Waals surface area contributed by atoms with Gasteiger partial charge >= 0.3 is 0 Å². The molecule has 31 heavy (non-hydrogen) atoms. The molecule has 1 amide bonds. The van der Waals surface area contributed by atoms with E-state index in [4.69, 9.17) is 4.74 Å². The van der Waals surface area contributed by atoms with Crippen molar-refractivity contribution in [3.05, 3.63) is 74.5 Å². The zero-order valence-electron chi connectivity index (χ0n) is 17.4. The minimum absolute atomic E-state index is 0.146. The molecule has 9 nitrogen and oxygen atoms in total. The highest BCUT2D eigenvalue weighted by molar-refractivity contribution is 7.88. The van der Waals surface area contributed by atoms with Gasteiger partial charge in [-0.3, -0.25) is 19.6 Å². The van der Waals surface area contributed by atoms with Gasteiger partial charge in [-0.15, -0.1) is 0 Å². The number of rotatable bonds is 4. The summed E-state index contributed by atoms with van der Waals surface area (Å²) < 4.78 is 33.0. The molecular formula is C21H21N3O6S. The summed E-state index contributed by atoms with van der Waals surface area (Å²) in [5.41, 5.74) is 0.998. The lowest BCUT2D eigenvalue weighted by Gasteiger charge is -2.39. The maximum Gasteiger partial charge on any atom is 0.273 e. The average molecular weight is 443 g/mol. The molecule has 1 N–H and O–H groups in total. The van der Waals surface area contributed by atoms with Gasteiger partial charge in [0.15, 0.2) is 0 Å². The van der Waals surface area contributed by atoms with Gasteiger partial charge in [-0.1, -0.05) is 18.2 Å². The van der Waals surface area contributed by atoms with Crippen molar-refractivity contribution >= 4 is 27.3 Å². The largest absolute Gasteiger partial charge is 0.481 e. The lowest BCUT2D eigenvalue weighted by molar-refractivity contribution is -0.385. The minimum atomic E-state index is -3.74. The number of hydrogen-bond donors (Lipinski definition) is 1. The van der Waals surface area contributed by atoms with E-state index < -0.39 is 20.5 Å². The number of benzene rings is 2. The van der Waals surface area contributed by atoms with Gasteiger partial charge < -0.3 is 9.64 Å². The first-order valence-electron chi connectivity index (χ1n) is 9.50. The van der Waals surface area contributed by atoms with Crippen molar-refractivity contribution in [2.45, 2.75) is 32.9 Å². The first-order valence-corrected chi connectivity index (χ1v) is 11.4. The van der Waals surface area contributed by atoms with Crippen LogP contribution in [0.5, 0.6) is 5.75 Å². The summed E-state index contributed by atoms with van der Waals surface area (Å²) in [6.07, 6.45) is 1.00. The highest BCUT2D eigenvalue weighted by atomic mass is 32.2. The standard InChI is InChI=1S/C21H21N3O6S/c1-12-15(24(26)27)9-10-16-17(12)18(19(21(2,3)30-16)22-31(4,28)29)23-11-13-7-5-6-8-14(13)20(23)25/h5-10,22H,11H2,1-4H3. The first kappa shape index (κ1) is 20.9. The second-order valence-electron chi connectivity index (χ2n) is 8.10. The fourth-order valence-corrected chi connectivity index (χ4v) is 4.76. The Morgan fingerprint density at radius 3 is 2.48 bits per heavy atom. The van der Waals surface area contributed by atoms with Gasteiger partial charge in [0.25, 0.3) is 11.6 Å². The molecule has 10 heteroatoms. The summed E-state index contributed by atoms with van der Waals surface area (Å²) in [7, 11) is -3.74. The number of carbonyl (C=O) groups excluding carboxylic acids is 1. The smallest absolute Gasteiger partial charge is 0.273 e. The molecule has 2 aromatic carbocycles. The number of hydrogen-bond acceptors (Lipinski definition) is 6. The van der Waals surface area contributed by atoms with Crippen LogP contribution in [0.4, 0.5) is 5.69 Å². The van der Waals surface area contributed by atoms with Crippen molar-refractivity contribution in [2.24, 2.45) is 0 Å². The molecule has 2 heterocycles. The predicted molar refractivity (Wildman–Crippen MR) is 114 cm³/mol. The molecule has 0 saturated heterocycles. The molecule has 0 saturated carbocycles. The van der Waals surface area contributed by atoms with Crippen molar-refractivity contribution in [3.8, 4) is 5.75 Å². The topological polar surface area (TPSA) is 119 Å². The zero-order chi connectivity index (χ0) is 22.7. The summed E-state index contributed by atoms with van der Waals surface area (Å²) in [6, 6.07) is 9.92. The molecule has 0 fully saturated rings. The van der Waals surface area contributed by atoms with Crippen LogP contribution in [0, 0.1) is 17.0 Å². The van der Waals surface area contributed by atoms with Crippen LogP contribution in [0.15, 0.2) is 42.1 Å². The van der Waals surface area contributed by atoms with Gasteiger partial charge in [-0.25, -0.2) is 8.42 Å². The molecule has 162 valence electrons. The van der Waals surface area contributed by atoms with Crippen LogP contribution in [-0.2, 0) is 16.6 Å². The predicted octanol–water partition coefficient (Wildman–Crippen LogP) is 2.95. The summed E-state index contributed by atoms with van der Waals surface area (Å²) in [4.78, 5) is 25.8. The molecule has 2 aromatic rings. The Morgan fingerprint density at radius 2 is 1.87 bits per heavy atom. The number of carbonyl (C=O) groups is 1. The Kier molecular flexibility index (Phi) is 4.58. The molecule has 4 rings (SSSR count). The number of nitrogens with zero attached hydrogens (tertiary/aromatic N) is 2. The Hall–Kier alpha value is -3.40. The van der Waals surface area contributed by atoms with E-state index in [-0.39, 0.29) is 35.1 Å². The molecule has 0 aromatic heterocycles. The van der Waals surface area contributed by atoms with Crippen molar-refractivity contribution in [3.63, 3.8) is 0 Å². The van der Waals surface area contributed by atoms with Crippen molar-refractivity contribution in [2.75, 3.05) is 6.26 Å².